The van der Waals surface area contributed by atoms with Gasteiger partial charge in [0, 0.05) is 0 Å². The van der Waals surface area contributed by atoms with Gasteiger partial charge in [-0.25, -0.2) is 0 Å². The lowest BCUT2D eigenvalue weighted by atomic mass is 9.92. The van der Waals surface area contributed by atoms with Gasteiger partial charge in [0.1, 0.15) is 6.04 Å². The Labute approximate surface area is 116 Å². The highest BCUT2D eigenvalue weighted by atomic mass is 16.4. The predicted octanol–water partition coefficient (Wildman–Crippen LogP) is 3.10. The van der Waals surface area contributed by atoms with Gasteiger partial charge in [0.2, 0.25) is 0 Å². The highest BCUT2D eigenvalue weighted by molar-refractivity contribution is 5.73. The first kappa shape index (κ1) is 15.7. The van der Waals surface area contributed by atoms with Gasteiger partial charge in [0.15, 0.2) is 0 Å². The molecule has 1 atom stereocenters. The number of carboxylic acid groups (broad SMARTS) is 1. The van der Waals surface area contributed by atoms with E-state index in [4.69, 9.17) is 0 Å². The third-order valence-electron chi connectivity index (χ3n) is 3.13. The van der Waals surface area contributed by atoms with E-state index < -0.39 is 12.0 Å². The smallest absolute Gasteiger partial charge is 0.320 e. The van der Waals surface area contributed by atoms with Gasteiger partial charge in [0.05, 0.1) is 0 Å². The molecule has 2 N–H and O–H groups in total. The van der Waals surface area contributed by atoms with Gasteiger partial charge in [0.25, 0.3) is 0 Å². The van der Waals surface area contributed by atoms with Crippen LogP contribution >= 0.6 is 0 Å². The van der Waals surface area contributed by atoms with Crippen LogP contribution in [0.2, 0.25) is 0 Å². The van der Waals surface area contributed by atoms with Crippen molar-refractivity contribution in [2.45, 2.75) is 46.1 Å². The minimum Gasteiger partial charge on any atom is -0.480 e. The second-order valence-corrected chi connectivity index (χ2v) is 6.18. The van der Waals surface area contributed by atoms with Crippen LogP contribution in [0.25, 0.3) is 0 Å². The molecule has 0 aliphatic carbocycles. The number of benzene rings is 1. The molecule has 0 radical (unpaired) electrons. The summed E-state index contributed by atoms with van der Waals surface area (Å²) in [6, 6.07) is 9.56. The van der Waals surface area contributed by atoms with Crippen LogP contribution < -0.4 is 5.32 Å². The van der Waals surface area contributed by atoms with E-state index in [0.717, 1.165) is 19.4 Å². The number of nitrogens with one attached hydrogen (secondary N) is 1. The molecule has 0 fully saturated rings. The summed E-state index contributed by atoms with van der Waals surface area (Å²) in [5.41, 5.74) is 1.42. The monoisotopic (exact) mass is 263 g/mol. The Bertz CT molecular complexity index is 381. The zero-order chi connectivity index (χ0) is 14.3. The maximum Gasteiger partial charge on any atom is 0.320 e. The fourth-order valence-corrected chi connectivity index (χ4v) is 1.89. The number of hydrogen-bond donors (Lipinski definition) is 2. The summed E-state index contributed by atoms with van der Waals surface area (Å²) in [4.78, 5) is 11.2. The predicted molar refractivity (Wildman–Crippen MR) is 78.3 cm³/mol. The Morgan fingerprint density at radius 1 is 1.26 bits per heavy atom. The van der Waals surface area contributed by atoms with Crippen LogP contribution in [-0.4, -0.2) is 23.7 Å². The molecule has 0 amide bonds. The molecule has 1 aromatic rings. The molecule has 3 heteroatoms. The molecule has 0 aliphatic heterocycles. The quantitative estimate of drug-likeness (QED) is 0.794. The van der Waals surface area contributed by atoms with Crippen LogP contribution in [0.15, 0.2) is 30.3 Å². The third kappa shape index (κ3) is 6.97. The summed E-state index contributed by atoms with van der Waals surface area (Å²) in [5, 5.41) is 12.4. The Kier molecular flexibility index (Phi) is 6.03. The number of rotatable bonds is 7. The van der Waals surface area contributed by atoms with Gasteiger partial charge >= 0.3 is 5.97 Å². The van der Waals surface area contributed by atoms with Gasteiger partial charge < -0.3 is 10.4 Å². The summed E-state index contributed by atoms with van der Waals surface area (Å²) < 4.78 is 0. The maximum atomic E-state index is 11.2. The summed E-state index contributed by atoms with van der Waals surface area (Å²) in [6.45, 7) is 7.23. The fraction of sp³-hybridized carbons (Fsp3) is 0.562. The highest BCUT2D eigenvalue weighted by Gasteiger charge is 2.18. The van der Waals surface area contributed by atoms with E-state index in [-0.39, 0.29) is 5.41 Å². The Balaban J connectivity index is 2.39. The number of aliphatic carboxylic acids is 1. The van der Waals surface area contributed by atoms with Crippen LogP contribution in [0.4, 0.5) is 0 Å². The van der Waals surface area contributed by atoms with E-state index in [1.165, 1.54) is 5.56 Å². The number of carbonyl (C=O) groups is 1. The van der Waals surface area contributed by atoms with E-state index in [9.17, 15) is 9.90 Å². The first-order valence-electron chi connectivity index (χ1n) is 6.88. The Morgan fingerprint density at radius 2 is 1.89 bits per heavy atom. The van der Waals surface area contributed by atoms with Crippen molar-refractivity contribution in [3.63, 3.8) is 0 Å². The van der Waals surface area contributed by atoms with Crippen molar-refractivity contribution < 1.29 is 9.90 Å². The van der Waals surface area contributed by atoms with Crippen LogP contribution in [-0.2, 0) is 11.2 Å². The largest absolute Gasteiger partial charge is 0.480 e. The molecule has 3 nitrogen and oxygen atoms in total. The molecule has 19 heavy (non-hydrogen) atoms. The number of carboxylic acids is 1. The van der Waals surface area contributed by atoms with Crippen molar-refractivity contribution in [2.24, 2.45) is 5.41 Å². The third-order valence-corrected chi connectivity index (χ3v) is 3.13. The Morgan fingerprint density at radius 3 is 2.42 bits per heavy atom. The molecule has 0 bridgehead atoms. The first-order chi connectivity index (χ1) is 8.88. The average molecular weight is 263 g/mol. The van der Waals surface area contributed by atoms with Crippen molar-refractivity contribution in [3.05, 3.63) is 35.9 Å². The lowest BCUT2D eigenvalue weighted by Crippen LogP contribution is -2.38. The lowest BCUT2D eigenvalue weighted by molar-refractivity contribution is -0.139. The summed E-state index contributed by atoms with van der Waals surface area (Å²) in [6.07, 6.45) is 2.39. The van der Waals surface area contributed by atoms with Crippen molar-refractivity contribution in [3.8, 4) is 0 Å². The zero-order valence-electron chi connectivity index (χ0n) is 12.1. The molecule has 1 rings (SSSR count). The fourth-order valence-electron chi connectivity index (χ4n) is 1.89. The van der Waals surface area contributed by atoms with E-state index in [2.05, 4.69) is 26.1 Å². The molecule has 1 aromatic carbocycles. The van der Waals surface area contributed by atoms with Crippen LogP contribution in [0.1, 0.15) is 39.2 Å². The Hall–Kier alpha value is -1.35. The van der Waals surface area contributed by atoms with Crippen molar-refractivity contribution >= 4 is 5.97 Å². The molecular formula is C16H25NO2. The van der Waals surface area contributed by atoms with Crippen LogP contribution in [0.3, 0.4) is 0 Å². The van der Waals surface area contributed by atoms with Gasteiger partial charge in [-0.2, -0.15) is 0 Å². The SMILES string of the molecule is CC(C)(C)CCNC(CCc1ccccc1)C(=O)O. The zero-order valence-corrected chi connectivity index (χ0v) is 12.1. The van der Waals surface area contributed by atoms with Gasteiger partial charge in [-0.1, -0.05) is 51.1 Å². The van der Waals surface area contributed by atoms with Crippen LogP contribution in [0, 0.1) is 5.41 Å². The molecule has 0 spiro atoms. The molecule has 0 saturated heterocycles. The second-order valence-electron chi connectivity index (χ2n) is 6.18. The van der Waals surface area contributed by atoms with Crippen molar-refractivity contribution in [2.75, 3.05) is 6.54 Å². The van der Waals surface area contributed by atoms with Gasteiger partial charge in [-0.15, -0.1) is 0 Å². The number of hydrogen-bond acceptors (Lipinski definition) is 2. The summed E-state index contributed by atoms with van der Waals surface area (Å²) in [5.74, 6) is -0.759. The maximum absolute atomic E-state index is 11.2. The summed E-state index contributed by atoms with van der Waals surface area (Å²) in [7, 11) is 0. The molecule has 1 unspecified atom stereocenters. The molecule has 0 heterocycles. The van der Waals surface area contributed by atoms with E-state index in [1.54, 1.807) is 0 Å². The normalized spacial score (nSPS) is 13.2. The standard InChI is InChI=1S/C16H25NO2/c1-16(2,3)11-12-17-14(15(18)19)10-9-13-7-5-4-6-8-13/h4-8,14,17H,9-12H2,1-3H3,(H,18,19). The van der Waals surface area contributed by atoms with Crippen LogP contribution in [0.5, 0.6) is 0 Å². The average Bonchev–Trinajstić information content (AvgIpc) is 2.33. The molecular weight excluding hydrogens is 238 g/mol. The second kappa shape index (κ2) is 7.29. The van der Waals surface area contributed by atoms with Gasteiger partial charge in [-0.3, -0.25) is 4.79 Å². The van der Waals surface area contributed by atoms with Crippen molar-refractivity contribution in [1.82, 2.24) is 5.32 Å². The van der Waals surface area contributed by atoms with E-state index in [0.29, 0.717) is 6.42 Å². The minimum atomic E-state index is -0.759. The first-order valence-corrected chi connectivity index (χ1v) is 6.88. The lowest BCUT2D eigenvalue weighted by Gasteiger charge is -2.20. The van der Waals surface area contributed by atoms with E-state index in [1.807, 2.05) is 30.3 Å². The highest BCUT2D eigenvalue weighted by Crippen LogP contribution is 2.17. The number of aryl methyl sites for hydroxylation is 1. The minimum absolute atomic E-state index is 0.232. The molecule has 0 saturated carbocycles. The van der Waals surface area contributed by atoms with E-state index >= 15 is 0 Å². The van der Waals surface area contributed by atoms with Gasteiger partial charge in [-0.05, 0) is 36.8 Å². The molecule has 0 aliphatic rings. The summed E-state index contributed by atoms with van der Waals surface area (Å²) >= 11 is 0. The molecule has 106 valence electrons. The van der Waals surface area contributed by atoms with Crippen molar-refractivity contribution in [1.29, 1.82) is 0 Å². The molecule has 0 aromatic heterocycles. The topological polar surface area (TPSA) is 49.3 Å².